The number of fused-ring (bicyclic) bond motifs is 3. The summed E-state index contributed by atoms with van der Waals surface area (Å²) in [6, 6.07) is 9.83. The highest BCUT2D eigenvalue weighted by Gasteiger charge is 2.11. The predicted molar refractivity (Wildman–Crippen MR) is 73.1 cm³/mol. The second-order valence-electron chi connectivity index (χ2n) is 3.77. The zero-order chi connectivity index (χ0) is 12.5. The zero-order valence-corrected chi connectivity index (χ0v) is 10.4. The third-order valence-corrected chi connectivity index (χ3v) is 3.90. The summed E-state index contributed by atoms with van der Waals surface area (Å²) in [4.78, 5) is 4.48. The van der Waals surface area contributed by atoms with Gasteiger partial charge in [-0.1, -0.05) is 23.4 Å². The number of thiophene rings is 1. The molecule has 0 saturated heterocycles. The number of benzene rings is 1. The first-order valence-corrected chi connectivity index (χ1v) is 6.19. The van der Waals surface area contributed by atoms with Gasteiger partial charge in [-0.15, -0.1) is 11.3 Å². The van der Waals surface area contributed by atoms with Crippen LogP contribution in [0.2, 0.25) is 0 Å². The lowest BCUT2D eigenvalue weighted by Gasteiger charge is -2.02. The first-order chi connectivity index (χ1) is 8.83. The van der Waals surface area contributed by atoms with Gasteiger partial charge in [-0.25, -0.2) is 4.98 Å². The fourth-order valence-electron chi connectivity index (χ4n) is 1.95. The molecule has 0 aliphatic carbocycles. The van der Waals surface area contributed by atoms with Crippen LogP contribution in [-0.4, -0.2) is 23.5 Å². The van der Waals surface area contributed by atoms with Gasteiger partial charge in [-0.05, 0) is 6.07 Å². The molecule has 0 atom stereocenters. The van der Waals surface area contributed by atoms with Crippen molar-refractivity contribution in [1.82, 2.24) is 4.98 Å². The van der Waals surface area contributed by atoms with E-state index >= 15 is 0 Å². The largest absolute Gasteiger partial charge is 0.495 e. The summed E-state index contributed by atoms with van der Waals surface area (Å²) in [6.07, 6.45) is 1.30. The Hall–Kier alpha value is -2.14. The van der Waals surface area contributed by atoms with Crippen molar-refractivity contribution in [2.24, 2.45) is 5.16 Å². The van der Waals surface area contributed by atoms with Crippen LogP contribution in [0.4, 0.5) is 0 Å². The number of aromatic nitrogens is 1. The summed E-state index contributed by atoms with van der Waals surface area (Å²) in [5, 5.41) is 12.7. The standard InChI is InChI=1S/C13H10N2O2S/c1-17-10-6-8(7-14-16)15-12-9-4-2-3-5-11(9)18-13(10)12/h2-7,16H,1H3/b14-7+. The summed E-state index contributed by atoms with van der Waals surface area (Å²) in [5.74, 6) is 0.746. The maximum Gasteiger partial charge on any atom is 0.140 e. The van der Waals surface area contributed by atoms with E-state index in [1.54, 1.807) is 24.5 Å². The molecule has 3 aromatic rings. The predicted octanol–water partition coefficient (Wildman–Crippen LogP) is 3.27. The van der Waals surface area contributed by atoms with Crippen molar-refractivity contribution >= 4 is 37.9 Å². The smallest absolute Gasteiger partial charge is 0.140 e. The van der Waals surface area contributed by atoms with E-state index in [0.717, 1.165) is 26.1 Å². The molecule has 1 N–H and O–H groups in total. The molecular formula is C13H10N2O2S. The third kappa shape index (κ3) is 1.60. The van der Waals surface area contributed by atoms with E-state index in [1.807, 2.05) is 18.2 Å². The van der Waals surface area contributed by atoms with E-state index in [4.69, 9.17) is 9.94 Å². The minimum absolute atomic E-state index is 0.574. The van der Waals surface area contributed by atoms with Gasteiger partial charge in [0.2, 0.25) is 0 Å². The monoisotopic (exact) mass is 258 g/mol. The molecule has 4 nitrogen and oxygen atoms in total. The molecule has 2 aromatic heterocycles. The average Bonchev–Trinajstić information content (AvgIpc) is 2.77. The highest BCUT2D eigenvalue weighted by atomic mass is 32.1. The number of hydrogen-bond donors (Lipinski definition) is 1. The Morgan fingerprint density at radius 3 is 3.00 bits per heavy atom. The number of nitrogens with zero attached hydrogens (tertiary/aromatic N) is 2. The van der Waals surface area contributed by atoms with Gasteiger partial charge in [-0.3, -0.25) is 0 Å². The van der Waals surface area contributed by atoms with Crippen LogP contribution in [0.1, 0.15) is 5.69 Å². The lowest BCUT2D eigenvalue weighted by atomic mass is 10.2. The third-order valence-electron chi connectivity index (χ3n) is 2.72. The van der Waals surface area contributed by atoms with E-state index in [9.17, 15) is 0 Å². The maximum absolute atomic E-state index is 8.61. The van der Waals surface area contributed by atoms with Crippen molar-refractivity contribution in [3.05, 3.63) is 36.0 Å². The second-order valence-corrected chi connectivity index (χ2v) is 4.82. The lowest BCUT2D eigenvalue weighted by Crippen LogP contribution is -1.91. The molecule has 1 aromatic carbocycles. The normalized spacial score (nSPS) is 11.6. The van der Waals surface area contributed by atoms with Gasteiger partial charge in [0.25, 0.3) is 0 Å². The molecule has 5 heteroatoms. The zero-order valence-electron chi connectivity index (χ0n) is 9.62. The van der Waals surface area contributed by atoms with Gasteiger partial charge in [0.1, 0.15) is 5.75 Å². The Labute approximate surface area is 107 Å². The summed E-state index contributed by atoms with van der Waals surface area (Å²) in [7, 11) is 1.62. The molecule has 0 aliphatic rings. The van der Waals surface area contributed by atoms with Crippen LogP contribution in [0.15, 0.2) is 35.5 Å². The highest BCUT2D eigenvalue weighted by Crippen LogP contribution is 2.38. The Morgan fingerprint density at radius 2 is 2.22 bits per heavy atom. The van der Waals surface area contributed by atoms with Crippen LogP contribution in [0.5, 0.6) is 5.75 Å². The van der Waals surface area contributed by atoms with Crippen molar-refractivity contribution in [3.8, 4) is 5.75 Å². The lowest BCUT2D eigenvalue weighted by molar-refractivity contribution is 0.321. The minimum atomic E-state index is 0.574. The number of hydrogen-bond acceptors (Lipinski definition) is 5. The van der Waals surface area contributed by atoms with E-state index in [2.05, 4.69) is 16.2 Å². The molecule has 0 fully saturated rings. The van der Waals surface area contributed by atoms with E-state index < -0.39 is 0 Å². The van der Waals surface area contributed by atoms with Gasteiger partial charge in [0.05, 0.1) is 29.2 Å². The van der Waals surface area contributed by atoms with Crippen molar-refractivity contribution in [2.45, 2.75) is 0 Å². The summed E-state index contributed by atoms with van der Waals surface area (Å²) < 4.78 is 7.54. The second kappa shape index (κ2) is 4.27. The van der Waals surface area contributed by atoms with Crippen LogP contribution in [0.25, 0.3) is 20.3 Å². The minimum Gasteiger partial charge on any atom is -0.495 e. The van der Waals surface area contributed by atoms with Crippen molar-refractivity contribution in [2.75, 3.05) is 7.11 Å². The number of oxime groups is 1. The molecular weight excluding hydrogens is 248 g/mol. The molecule has 90 valence electrons. The van der Waals surface area contributed by atoms with Crippen molar-refractivity contribution in [3.63, 3.8) is 0 Å². The van der Waals surface area contributed by atoms with Crippen LogP contribution in [0.3, 0.4) is 0 Å². The van der Waals surface area contributed by atoms with Crippen molar-refractivity contribution in [1.29, 1.82) is 0 Å². The quantitative estimate of drug-likeness (QED) is 0.436. The van der Waals surface area contributed by atoms with Gasteiger partial charge in [0, 0.05) is 16.2 Å². The van der Waals surface area contributed by atoms with Crippen LogP contribution in [0, 0.1) is 0 Å². The fourth-order valence-corrected chi connectivity index (χ4v) is 3.08. The molecule has 0 saturated carbocycles. The molecule has 0 spiro atoms. The number of rotatable bonds is 2. The van der Waals surface area contributed by atoms with Crippen LogP contribution >= 0.6 is 11.3 Å². The topological polar surface area (TPSA) is 54.7 Å². The van der Waals surface area contributed by atoms with Crippen molar-refractivity contribution < 1.29 is 9.94 Å². The molecule has 0 radical (unpaired) electrons. The van der Waals surface area contributed by atoms with Gasteiger partial charge in [-0.2, -0.15) is 0 Å². The number of ether oxygens (including phenoxy) is 1. The Kier molecular flexibility index (Phi) is 2.60. The molecule has 18 heavy (non-hydrogen) atoms. The van der Waals surface area contributed by atoms with Gasteiger partial charge >= 0.3 is 0 Å². The molecule has 3 rings (SSSR count). The molecule has 0 aliphatic heterocycles. The van der Waals surface area contributed by atoms with Gasteiger partial charge in [0.15, 0.2) is 0 Å². The van der Waals surface area contributed by atoms with E-state index in [-0.39, 0.29) is 0 Å². The fraction of sp³-hybridized carbons (Fsp3) is 0.0769. The Morgan fingerprint density at radius 1 is 1.39 bits per heavy atom. The molecule has 2 heterocycles. The maximum atomic E-state index is 8.61. The number of pyridine rings is 1. The summed E-state index contributed by atoms with van der Waals surface area (Å²) >= 11 is 1.65. The Balaban J connectivity index is 2.44. The average molecular weight is 258 g/mol. The highest BCUT2D eigenvalue weighted by molar-refractivity contribution is 7.26. The summed E-state index contributed by atoms with van der Waals surface area (Å²) in [5.41, 5.74) is 1.45. The van der Waals surface area contributed by atoms with Gasteiger partial charge < -0.3 is 9.94 Å². The first-order valence-electron chi connectivity index (χ1n) is 5.37. The first kappa shape index (κ1) is 11.0. The molecule has 0 bridgehead atoms. The summed E-state index contributed by atoms with van der Waals surface area (Å²) in [6.45, 7) is 0. The molecule has 0 amide bonds. The SMILES string of the molecule is COc1cc(/C=N/O)nc2c1sc1ccccc12. The van der Waals surface area contributed by atoms with Crippen LogP contribution < -0.4 is 4.74 Å². The van der Waals surface area contributed by atoms with Crippen LogP contribution in [-0.2, 0) is 0 Å². The Bertz CT molecular complexity index is 749. The van der Waals surface area contributed by atoms with E-state index in [0.29, 0.717) is 5.69 Å². The molecule has 0 unspecified atom stereocenters. The van der Waals surface area contributed by atoms with E-state index in [1.165, 1.54) is 6.21 Å². The number of methoxy groups -OCH3 is 1.